The third-order valence-electron chi connectivity index (χ3n) is 7.82. The Morgan fingerprint density at radius 3 is 2.21 bits per heavy atom. The highest BCUT2D eigenvalue weighted by Gasteiger charge is 2.61. The van der Waals surface area contributed by atoms with Gasteiger partial charge in [-0.1, -0.05) is 20.8 Å². The summed E-state index contributed by atoms with van der Waals surface area (Å²) >= 11 is 0. The van der Waals surface area contributed by atoms with Gasteiger partial charge in [0, 0.05) is 31.2 Å². The molecule has 4 amide bonds. The van der Waals surface area contributed by atoms with Gasteiger partial charge in [0.25, 0.3) is 5.92 Å². The molecule has 3 saturated heterocycles. The molecule has 0 radical (unpaired) electrons. The summed E-state index contributed by atoms with van der Waals surface area (Å²) in [6.07, 6.45) is -5.38. The normalized spacial score (nSPS) is 27.7. The smallest absolute Gasteiger partial charge is 0.356 e. The van der Waals surface area contributed by atoms with E-state index in [2.05, 4.69) is 10.6 Å². The Kier molecular flexibility index (Phi) is 9.36. The van der Waals surface area contributed by atoms with E-state index in [1.807, 2.05) is 0 Å². The standard InChI is InChI=1S/C25H34F6N4O6S/c1-23(2,3)18(34-22(39)25(29,30)31)21(38)35-14-5-6-15(24(27,28)11-14)17(35)20(37)33-13(10-16(26)42(4,40)41)9-12-7-8-32-19(12)36/h10,12-15,17-18H,5-9,11H2,1-4H3,(H,32,36)(H,33,37)(H,34,39)/b16-10+/t12-,13+,14-,15-,17-,18+/m0/s1. The third-order valence-corrected chi connectivity index (χ3v) is 8.66. The first-order valence-electron chi connectivity index (χ1n) is 13.3. The highest BCUT2D eigenvalue weighted by molar-refractivity contribution is 7.94. The lowest BCUT2D eigenvalue weighted by atomic mass is 9.70. The first kappa shape index (κ1) is 33.6. The molecule has 6 atom stereocenters. The lowest BCUT2D eigenvalue weighted by Crippen LogP contribution is -2.71. The summed E-state index contributed by atoms with van der Waals surface area (Å²) in [4.78, 5) is 52.0. The summed E-state index contributed by atoms with van der Waals surface area (Å²) in [6.45, 7) is 4.31. The molecule has 0 aromatic heterocycles. The molecule has 0 aromatic carbocycles. The predicted octanol–water partition coefficient (Wildman–Crippen LogP) is 1.96. The number of hydrogen-bond acceptors (Lipinski definition) is 6. The quantitative estimate of drug-likeness (QED) is 0.350. The molecular formula is C25H34F6N4O6S. The van der Waals surface area contributed by atoms with Crippen LogP contribution >= 0.6 is 0 Å². The molecule has 3 heterocycles. The van der Waals surface area contributed by atoms with Crippen molar-refractivity contribution in [1.29, 1.82) is 0 Å². The van der Waals surface area contributed by atoms with Gasteiger partial charge >= 0.3 is 12.1 Å². The van der Waals surface area contributed by atoms with Crippen molar-refractivity contribution in [1.82, 2.24) is 20.9 Å². The third kappa shape index (κ3) is 7.37. The summed E-state index contributed by atoms with van der Waals surface area (Å²) in [5.74, 6) is -11.3. The number of amides is 4. The van der Waals surface area contributed by atoms with Gasteiger partial charge in [-0.05, 0) is 37.2 Å². The molecule has 10 nitrogen and oxygen atoms in total. The molecule has 4 rings (SSSR count). The fourth-order valence-electron chi connectivity index (χ4n) is 5.73. The van der Waals surface area contributed by atoms with Gasteiger partial charge in [-0.25, -0.2) is 17.2 Å². The Labute approximate surface area is 238 Å². The maximum atomic E-state index is 15.1. The molecule has 238 valence electrons. The SMILES string of the molecule is CC(C)(C)[C@H](NC(=O)C(F)(F)F)C(=O)N1[C@H]2CC[C@@H]([C@H]1C(=O)N[C@@H](/C=C(\F)S(C)(=O)=O)C[C@@H]1CCNC1=O)C(F)(F)C2. The molecule has 3 N–H and O–H groups in total. The number of hydrogen-bond donors (Lipinski definition) is 3. The molecule has 1 saturated carbocycles. The van der Waals surface area contributed by atoms with Crippen LogP contribution < -0.4 is 16.0 Å². The lowest BCUT2D eigenvalue weighted by Gasteiger charge is -2.55. The van der Waals surface area contributed by atoms with Crippen molar-refractivity contribution in [3.8, 4) is 0 Å². The maximum absolute atomic E-state index is 15.1. The molecule has 3 aliphatic heterocycles. The molecule has 42 heavy (non-hydrogen) atoms. The summed E-state index contributed by atoms with van der Waals surface area (Å²) < 4.78 is 107. The van der Waals surface area contributed by atoms with Crippen LogP contribution in [0.15, 0.2) is 11.2 Å². The van der Waals surface area contributed by atoms with Crippen LogP contribution in [-0.4, -0.2) is 86.0 Å². The second kappa shape index (κ2) is 11.7. The Bertz CT molecular complexity index is 1250. The van der Waals surface area contributed by atoms with Crippen molar-refractivity contribution in [2.24, 2.45) is 17.3 Å². The zero-order valence-electron chi connectivity index (χ0n) is 23.4. The first-order valence-corrected chi connectivity index (χ1v) is 15.2. The number of rotatable bonds is 8. The van der Waals surface area contributed by atoms with E-state index in [0.29, 0.717) is 12.3 Å². The molecule has 1 aliphatic carbocycles. The number of nitrogens with zero attached hydrogens (tertiary/aromatic N) is 1. The van der Waals surface area contributed by atoms with Crippen molar-refractivity contribution >= 4 is 33.5 Å². The van der Waals surface area contributed by atoms with Crippen LogP contribution in [0.4, 0.5) is 26.3 Å². The van der Waals surface area contributed by atoms with Crippen LogP contribution in [0.2, 0.25) is 0 Å². The number of piperidine rings is 2. The predicted molar refractivity (Wildman–Crippen MR) is 136 cm³/mol. The second-order valence-corrected chi connectivity index (χ2v) is 14.1. The van der Waals surface area contributed by atoms with Crippen molar-refractivity contribution in [3.05, 3.63) is 11.2 Å². The molecule has 4 aliphatic rings. The minimum atomic E-state index is -5.36. The van der Waals surface area contributed by atoms with Crippen LogP contribution in [0, 0.1) is 17.3 Å². The van der Waals surface area contributed by atoms with Crippen molar-refractivity contribution in [3.63, 3.8) is 0 Å². The van der Waals surface area contributed by atoms with Crippen LogP contribution in [0.3, 0.4) is 0 Å². The molecule has 0 unspecified atom stereocenters. The summed E-state index contributed by atoms with van der Waals surface area (Å²) in [6, 6.07) is -6.56. The van der Waals surface area contributed by atoms with Gasteiger partial charge in [0.05, 0.1) is 12.0 Å². The van der Waals surface area contributed by atoms with Crippen molar-refractivity contribution in [2.45, 2.75) is 89.1 Å². The molecular weight excluding hydrogens is 598 g/mol. The Balaban J connectivity index is 2.00. The van der Waals surface area contributed by atoms with Gasteiger partial charge in [0.15, 0.2) is 0 Å². The Hall–Kier alpha value is -2.85. The highest BCUT2D eigenvalue weighted by Crippen LogP contribution is 2.49. The highest BCUT2D eigenvalue weighted by atomic mass is 32.2. The summed E-state index contributed by atoms with van der Waals surface area (Å²) in [5, 5.41) is 4.81. The fraction of sp³-hybridized carbons (Fsp3) is 0.760. The first-order chi connectivity index (χ1) is 19.0. The molecule has 0 aromatic rings. The maximum Gasteiger partial charge on any atom is 0.471 e. The van der Waals surface area contributed by atoms with Gasteiger partial charge in [-0.3, -0.25) is 19.2 Å². The van der Waals surface area contributed by atoms with E-state index in [1.165, 1.54) is 20.8 Å². The van der Waals surface area contributed by atoms with E-state index in [1.54, 1.807) is 5.32 Å². The average Bonchev–Trinajstić information content (AvgIpc) is 3.22. The van der Waals surface area contributed by atoms with Crippen LogP contribution in [0.5, 0.6) is 0 Å². The van der Waals surface area contributed by atoms with E-state index in [0.717, 1.165) is 4.90 Å². The number of nitrogens with one attached hydrogen (secondary N) is 3. The van der Waals surface area contributed by atoms with Crippen LogP contribution in [-0.2, 0) is 29.0 Å². The van der Waals surface area contributed by atoms with E-state index >= 15 is 8.78 Å². The summed E-state index contributed by atoms with van der Waals surface area (Å²) in [7, 11) is -4.38. The number of fused-ring (bicyclic) bond motifs is 3. The minimum Gasteiger partial charge on any atom is -0.356 e. The van der Waals surface area contributed by atoms with Gasteiger partial charge < -0.3 is 20.9 Å². The van der Waals surface area contributed by atoms with Crippen molar-refractivity contribution < 1.29 is 53.9 Å². The largest absolute Gasteiger partial charge is 0.471 e. The fourth-order valence-corrected chi connectivity index (χ4v) is 6.14. The van der Waals surface area contributed by atoms with Crippen LogP contribution in [0.1, 0.15) is 52.9 Å². The molecule has 4 fully saturated rings. The zero-order valence-corrected chi connectivity index (χ0v) is 24.2. The Morgan fingerprint density at radius 1 is 1.12 bits per heavy atom. The van der Waals surface area contributed by atoms with E-state index in [9.17, 15) is 45.2 Å². The number of sulfone groups is 1. The van der Waals surface area contributed by atoms with Crippen molar-refractivity contribution in [2.75, 3.05) is 12.8 Å². The number of carbonyl (C=O) groups is 4. The van der Waals surface area contributed by atoms with Gasteiger partial charge in [0.2, 0.25) is 32.7 Å². The van der Waals surface area contributed by atoms with E-state index in [-0.39, 0.29) is 32.2 Å². The van der Waals surface area contributed by atoms with Gasteiger partial charge in [-0.15, -0.1) is 0 Å². The molecule has 17 heteroatoms. The average molecular weight is 633 g/mol. The molecule has 2 bridgehead atoms. The van der Waals surface area contributed by atoms with Gasteiger partial charge in [0.1, 0.15) is 12.1 Å². The Morgan fingerprint density at radius 2 is 1.74 bits per heavy atom. The number of halogens is 6. The summed E-state index contributed by atoms with van der Waals surface area (Å²) in [5.41, 5.74) is -1.35. The lowest BCUT2D eigenvalue weighted by molar-refractivity contribution is -0.197. The second-order valence-electron chi connectivity index (χ2n) is 12.1. The monoisotopic (exact) mass is 632 g/mol. The topological polar surface area (TPSA) is 142 Å². The van der Waals surface area contributed by atoms with Crippen LogP contribution in [0.25, 0.3) is 0 Å². The molecule has 0 spiro atoms. The minimum absolute atomic E-state index is 0.00808. The van der Waals surface area contributed by atoms with E-state index in [4.69, 9.17) is 0 Å². The number of carbonyl (C=O) groups excluding carboxylic acids is 4. The van der Waals surface area contributed by atoms with E-state index < -0.39 is 98.6 Å². The zero-order chi connectivity index (χ0) is 32.0. The van der Waals surface area contributed by atoms with Gasteiger partial charge in [-0.2, -0.15) is 17.6 Å². The number of alkyl halides is 5.